The van der Waals surface area contributed by atoms with Crippen LogP contribution in [0.25, 0.3) is 11.0 Å². The lowest BCUT2D eigenvalue weighted by molar-refractivity contribution is -0.274. The van der Waals surface area contributed by atoms with Gasteiger partial charge in [0, 0.05) is 24.2 Å². The first-order valence-electron chi connectivity index (χ1n) is 10.6. The molecule has 9 nitrogen and oxygen atoms in total. The van der Waals surface area contributed by atoms with Crippen molar-refractivity contribution in [3.63, 3.8) is 0 Å². The van der Waals surface area contributed by atoms with E-state index in [1.165, 1.54) is 30.6 Å². The predicted molar refractivity (Wildman–Crippen MR) is 118 cm³/mol. The van der Waals surface area contributed by atoms with Crippen LogP contribution >= 0.6 is 0 Å². The first-order chi connectivity index (χ1) is 17.3. The molecule has 1 aliphatic heterocycles. The Morgan fingerprint density at radius 3 is 2.61 bits per heavy atom. The van der Waals surface area contributed by atoms with Gasteiger partial charge in [0.05, 0.1) is 6.61 Å². The highest BCUT2D eigenvalue weighted by molar-refractivity contribution is 5.98. The molecule has 184 valence electrons. The molecule has 12 heteroatoms. The molecular formula is C24H17F3N4O5. The second kappa shape index (κ2) is 8.87. The molecule has 0 saturated heterocycles. The Kier molecular flexibility index (Phi) is 5.71. The summed E-state index contributed by atoms with van der Waals surface area (Å²) in [5.41, 5.74) is -0.227. The number of hydrogen-bond acceptors (Lipinski definition) is 7. The van der Waals surface area contributed by atoms with Crippen LogP contribution in [0.4, 0.5) is 13.2 Å². The zero-order valence-corrected chi connectivity index (χ0v) is 18.4. The molecule has 0 spiro atoms. The van der Waals surface area contributed by atoms with Crippen molar-refractivity contribution >= 4 is 23.4 Å². The van der Waals surface area contributed by atoms with Gasteiger partial charge in [-0.15, -0.1) is 17.9 Å². The molecule has 1 aliphatic rings. The van der Waals surface area contributed by atoms with Crippen LogP contribution in [0.15, 0.2) is 67.0 Å². The zero-order valence-electron chi connectivity index (χ0n) is 18.4. The quantitative estimate of drug-likeness (QED) is 0.407. The second-order valence-corrected chi connectivity index (χ2v) is 7.82. The number of fused-ring (bicyclic) bond motifs is 2. The molecule has 4 aromatic rings. The van der Waals surface area contributed by atoms with Gasteiger partial charge >= 0.3 is 12.8 Å². The molecule has 0 bridgehead atoms. The van der Waals surface area contributed by atoms with Crippen LogP contribution < -0.4 is 19.6 Å². The number of carbonyl (C=O) groups is 2. The van der Waals surface area contributed by atoms with Crippen molar-refractivity contribution in [1.82, 2.24) is 20.0 Å². The van der Waals surface area contributed by atoms with Crippen LogP contribution in [-0.4, -0.2) is 40.0 Å². The fraction of sp³-hybridized carbons (Fsp3) is 0.167. The van der Waals surface area contributed by atoms with Gasteiger partial charge in [0.1, 0.15) is 28.4 Å². The minimum Gasteiger partial charge on any atom is -0.491 e. The Hall–Kier alpha value is -4.61. The summed E-state index contributed by atoms with van der Waals surface area (Å²) in [6.07, 6.45) is -1.62. The lowest BCUT2D eigenvalue weighted by Gasteiger charge is -2.39. The topological polar surface area (TPSA) is 105 Å². The molecular weight excluding hydrogens is 481 g/mol. The molecule has 1 N–H and O–H groups in total. The van der Waals surface area contributed by atoms with Gasteiger partial charge in [0.15, 0.2) is 5.65 Å². The van der Waals surface area contributed by atoms with E-state index in [9.17, 15) is 22.8 Å². The fourth-order valence-corrected chi connectivity index (χ4v) is 4.25. The van der Waals surface area contributed by atoms with Crippen molar-refractivity contribution in [2.75, 3.05) is 6.61 Å². The number of nitrogens with zero attached hydrogens (tertiary/aromatic N) is 3. The average molecular weight is 498 g/mol. The van der Waals surface area contributed by atoms with Gasteiger partial charge in [-0.3, -0.25) is 14.6 Å². The summed E-state index contributed by atoms with van der Waals surface area (Å²) in [6.45, 7) is 0.362. The summed E-state index contributed by atoms with van der Waals surface area (Å²) in [6, 6.07) is 13.4. The molecule has 1 unspecified atom stereocenters. The van der Waals surface area contributed by atoms with Gasteiger partial charge < -0.3 is 19.6 Å². The van der Waals surface area contributed by atoms with E-state index in [1.807, 2.05) is 0 Å². The third kappa shape index (κ3) is 4.17. The van der Waals surface area contributed by atoms with Crippen LogP contribution in [0, 0.1) is 0 Å². The number of pyridine rings is 2. The van der Waals surface area contributed by atoms with E-state index in [0.717, 1.165) is 16.9 Å². The summed E-state index contributed by atoms with van der Waals surface area (Å²) < 4.78 is 48.7. The Balaban J connectivity index is 1.60. The third-order valence-electron chi connectivity index (χ3n) is 5.72. The number of nitrogens with one attached hydrogen (secondary N) is 1. The number of benzene rings is 1. The van der Waals surface area contributed by atoms with Crippen molar-refractivity contribution in [2.45, 2.75) is 18.3 Å². The van der Waals surface area contributed by atoms with Crippen molar-refractivity contribution in [1.29, 1.82) is 0 Å². The Labute approximate surface area is 201 Å². The van der Waals surface area contributed by atoms with Crippen LogP contribution in [-0.2, 0) is 10.3 Å². The minimum atomic E-state index is -4.85. The second-order valence-electron chi connectivity index (χ2n) is 7.82. The molecule has 1 aromatic carbocycles. The monoisotopic (exact) mass is 498 g/mol. The highest BCUT2D eigenvalue weighted by Gasteiger charge is 2.43. The summed E-state index contributed by atoms with van der Waals surface area (Å²) in [5, 5.41) is 3.51. The summed E-state index contributed by atoms with van der Waals surface area (Å²) in [4.78, 5) is 38.4. The van der Waals surface area contributed by atoms with Crippen molar-refractivity contribution in [3.05, 3.63) is 83.9 Å². The smallest absolute Gasteiger partial charge is 0.491 e. The lowest BCUT2D eigenvalue weighted by atomic mass is 9.81. The first-order valence-corrected chi connectivity index (χ1v) is 10.6. The van der Waals surface area contributed by atoms with Gasteiger partial charge in [0.25, 0.3) is 5.91 Å². The van der Waals surface area contributed by atoms with E-state index in [4.69, 9.17) is 9.57 Å². The Bertz CT molecular complexity index is 1440. The summed E-state index contributed by atoms with van der Waals surface area (Å²) in [5.74, 6) is -0.637. The molecule has 0 aliphatic carbocycles. The normalized spacial score (nSPS) is 17.1. The molecule has 36 heavy (non-hydrogen) atoms. The SMILES string of the molecule is O=COn1c(C(=O)NC2(c3ccc(OC(F)(F)F)cc3)CCOc3cccnc32)cc2cccnc21. The molecule has 0 radical (unpaired) electrons. The van der Waals surface area contributed by atoms with Gasteiger partial charge in [-0.2, -0.15) is 0 Å². The highest BCUT2D eigenvalue weighted by atomic mass is 19.4. The number of hydrogen-bond donors (Lipinski definition) is 1. The van der Waals surface area contributed by atoms with Crippen LogP contribution in [0.5, 0.6) is 11.5 Å². The Morgan fingerprint density at radius 1 is 1.11 bits per heavy atom. The number of rotatable bonds is 6. The molecule has 0 saturated carbocycles. The predicted octanol–water partition coefficient (Wildman–Crippen LogP) is 3.37. The first kappa shape index (κ1) is 23.1. The number of halogens is 3. The standard InChI is InChI=1S/C24H17F3N4O5/c25-24(26,27)36-17-7-5-16(6-8-17)23(9-12-34-19-4-2-10-28-20(19)23)30-22(33)18-13-15-3-1-11-29-21(15)31(18)35-14-32/h1-8,10-11,13-14H,9,12H2,(H,30,33). The number of ether oxygens (including phenoxy) is 2. The highest BCUT2D eigenvalue weighted by Crippen LogP contribution is 2.41. The van der Waals surface area contributed by atoms with Crippen LogP contribution in [0.1, 0.15) is 28.2 Å². The number of amides is 1. The number of carbonyl (C=O) groups excluding carboxylic acids is 2. The van der Waals surface area contributed by atoms with Gasteiger partial charge in [-0.25, -0.2) is 4.98 Å². The molecule has 1 atom stereocenters. The van der Waals surface area contributed by atoms with E-state index < -0.39 is 23.6 Å². The molecule has 0 fully saturated rings. The number of aromatic nitrogens is 3. The van der Waals surface area contributed by atoms with Crippen LogP contribution in [0.2, 0.25) is 0 Å². The third-order valence-corrected chi connectivity index (χ3v) is 5.72. The van der Waals surface area contributed by atoms with Gasteiger partial charge in [-0.05, 0) is 48.0 Å². The van der Waals surface area contributed by atoms with Crippen molar-refractivity contribution < 1.29 is 37.1 Å². The fourth-order valence-electron chi connectivity index (χ4n) is 4.25. The van der Waals surface area contributed by atoms with E-state index in [-0.39, 0.29) is 30.8 Å². The Morgan fingerprint density at radius 2 is 1.86 bits per heavy atom. The maximum absolute atomic E-state index is 13.6. The maximum Gasteiger partial charge on any atom is 0.573 e. The van der Waals surface area contributed by atoms with Crippen molar-refractivity contribution in [2.24, 2.45) is 0 Å². The zero-order chi connectivity index (χ0) is 25.3. The lowest BCUT2D eigenvalue weighted by Crippen LogP contribution is -2.50. The molecule has 5 rings (SSSR count). The van der Waals surface area contributed by atoms with Gasteiger partial charge in [0.2, 0.25) is 0 Å². The summed E-state index contributed by atoms with van der Waals surface area (Å²) >= 11 is 0. The van der Waals surface area contributed by atoms with E-state index in [1.54, 1.807) is 24.3 Å². The maximum atomic E-state index is 13.6. The number of alkyl halides is 3. The van der Waals surface area contributed by atoms with E-state index in [0.29, 0.717) is 22.4 Å². The van der Waals surface area contributed by atoms with Crippen LogP contribution in [0.3, 0.4) is 0 Å². The molecule has 3 aromatic heterocycles. The molecule has 4 heterocycles. The average Bonchev–Trinajstić information content (AvgIpc) is 3.23. The van der Waals surface area contributed by atoms with Crippen molar-refractivity contribution in [3.8, 4) is 11.5 Å². The minimum absolute atomic E-state index is 0.0174. The van der Waals surface area contributed by atoms with E-state index >= 15 is 0 Å². The van der Waals surface area contributed by atoms with Gasteiger partial charge in [-0.1, -0.05) is 12.1 Å². The summed E-state index contributed by atoms with van der Waals surface area (Å²) in [7, 11) is 0. The largest absolute Gasteiger partial charge is 0.573 e. The molecule has 1 amide bonds. The van der Waals surface area contributed by atoms with E-state index in [2.05, 4.69) is 20.0 Å².